The second-order valence-electron chi connectivity index (χ2n) is 5.05. The first-order valence-electron chi connectivity index (χ1n) is 7.28. The Bertz CT molecular complexity index is 670. The molecule has 2 rings (SSSR count). The molecule has 7 heteroatoms. The molecular weight excluding hydrogens is 319 g/mol. The number of amides is 1. The number of unbranched alkanes of at least 4 members (excludes halogenated alkanes) is 2. The third-order valence-corrected chi connectivity index (χ3v) is 3.94. The van der Waals surface area contributed by atoms with E-state index >= 15 is 0 Å². The van der Waals surface area contributed by atoms with Crippen LogP contribution in [0.15, 0.2) is 29.6 Å². The third kappa shape index (κ3) is 5.78. The fourth-order valence-electron chi connectivity index (χ4n) is 2.00. The first kappa shape index (κ1) is 17.1. The Morgan fingerprint density at radius 3 is 2.52 bits per heavy atom. The van der Waals surface area contributed by atoms with Crippen molar-refractivity contribution in [1.29, 1.82) is 0 Å². The van der Waals surface area contributed by atoms with Crippen LogP contribution in [0.1, 0.15) is 32.1 Å². The molecule has 0 aliphatic carbocycles. The van der Waals surface area contributed by atoms with Gasteiger partial charge in [-0.15, -0.1) is 11.3 Å². The van der Waals surface area contributed by atoms with Gasteiger partial charge >= 0.3 is 5.97 Å². The fourth-order valence-corrected chi connectivity index (χ4v) is 2.74. The lowest BCUT2D eigenvalue weighted by Gasteiger charge is -2.01. The number of hydrogen-bond donors (Lipinski definition) is 2. The van der Waals surface area contributed by atoms with Gasteiger partial charge in [0.05, 0.1) is 5.69 Å². The van der Waals surface area contributed by atoms with E-state index in [-0.39, 0.29) is 18.1 Å². The van der Waals surface area contributed by atoms with Gasteiger partial charge in [0.1, 0.15) is 5.82 Å². The van der Waals surface area contributed by atoms with Crippen molar-refractivity contribution in [3.63, 3.8) is 0 Å². The van der Waals surface area contributed by atoms with Crippen molar-refractivity contribution < 1.29 is 19.1 Å². The van der Waals surface area contributed by atoms with E-state index in [1.54, 1.807) is 17.5 Å². The highest BCUT2D eigenvalue weighted by Crippen LogP contribution is 2.25. The number of thiazole rings is 1. The van der Waals surface area contributed by atoms with Crippen molar-refractivity contribution in [2.75, 3.05) is 5.32 Å². The minimum atomic E-state index is -0.814. The number of aliphatic carboxylic acids is 1. The van der Waals surface area contributed by atoms with Crippen LogP contribution in [0.5, 0.6) is 0 Å². The maximum atomic E-state index is 12.9. The van der Waals surface area contributed by atoms with Crippen molar-refractivity contribution in [3.05, 3.63) is 35.5 Å². The molecule has 2 N–H and O–H groups in total. The van der Waals surface area contributed by atoms with Crippen LogP contribution in [0.3, 0.4) is 0 Å². The Hall–Kier alpha value is -2.28. The second kappa shape index (κ2) is 8.38. The Kier molecular flexibility index (Phi) is 6.22. The van der Waals surface area contributed by atoms with E-state index in [1.807, 2.05) is 0 Å². The number of aromatic nitrogens is 1. The van der Waals surface area contributed by atoms with Crippen molar-refractivity contribution in [3.8, 4) is 11.3 Å². The number of carbonyl (C=O) groups excluding carboxylic acids is 1. The van der Waals surface area contributed by atoms with Gasteiger partial charge in [-0.2, -0.15) is 0 Å². The Balaban J connectivity index is 1.78. The Morgan fingerprint density at radius 2 is 1.83 bits per heavy atom. The number of anilines is 1. The summed E-state index contributed by atoms with van der Waals surface area (Å²) in [6.45, 7) is 0. The summed E-state index contributed by atoms with van der Waals surface area (Å²) in [5.41, 5.74) is 1.48. The largest absolute Gasteiger partial charge is 0.481 e. The molecule has 0 radical (unpaired) electrons. The summed E-state index contributed by atoms with van der Waals surface area (Å²) in [5.74, 6) is -1.26. The Labute approximate surface area is 137 Å². The van der Waals surface area contributed by atoms with E-state index < -0.39 is 5.97 Å². The second-order valence-corrected chi connectivity index (χ2v) is 5.91. The van der Waals surface area contributed by atoms with Crippen molar-refractivity contribution >= 4 is 28.3 Å². The predicted molar refractivity (Wildman–Crippen MR) is 86.9 cm³/mol. The number of benzene rings is 1. The summed E-state index contributed by atoms with van der Waals surface area (Å²) >= 11 is 1.31. The van der Waals surface area contributed by atoms with Crippen molar-refractivity contribution in [2.45, 2.75) is 32.1 Å². The number of nitrogens with zero attached hydrogens (tertiary/aromatic N) is 1. The van der Waals surface area contributed by atoms with Gasteiger partial charge in [0.25, 0.3) is 0 Å². The van der Waals surface area contributed by atoms with Crippen LogP contribution in [-0.4, -0.2) is 22.0 Å². The zero-order valence-electron chi connectivity index (χ0n) is 12.4. The summed E-state index contributed by atoms with van der Waals surface area (Å²) < 4.78 is 12.9. The van der Waals surface area contributed by atoms with Crippen LogP contribution in [0.4, 0.5) is 9.52 Å². The van der Waals surface area contributed by atoms with E-state index in [0.29, 0.717) is 36.5 Å². The van der Waals surface area contributed by atoms with E-state index in [0.717, 1.165) is 5.56 Å². The molecular formula is C16H17FN2O3S. The molecule has 1 amide bonds. The van der Waals surface area contributed by atoms with Gasteiger partial charge in [0.15, 0.2) is 5.13 Å². The summed E-state index contributed by atoms with van der Waals surface area (Å²) in [7, 11) is 0. The summed E-state index contributed by atoms with van der Waals surface area (Å²) in [4.78, 5) is 26.5. The molecule has 0 aliphatic rings. The average Bonchev–Trinajstić information content (AvgIpc) is 2.95. The van der Waals surface area contributed by atoms with E-state index in [1.165, 1.54) is 23.5 Å². The lowest BCUT2D eigenvalue weighted by molar-refractivity contribution is -0.137. The molecule has 1 aromatic carbocycles. The first-order valence-corrected chi connectivity index (χ1v) is 8.15. The standard InChI is InChI=1S/C16H17FN2O3S/c17-12-8-6-11(7-9-12)13-10-23-16(18-13)19-14(20)4-2-1-3-5-15(21)22/h6-10H,1-5H2,(H,21,22)(H,18,19,20). The van der Waals surface area contributed by atoms with Crippen molar-refractivity contribution in [1.82, 2.24) is 4.98 Å². The molecule has 0 bridgehead atoms. The number of halogens is 1. The van der Waals surface area contributed by atoms with Crippen LogP contribution < -0.4 is 5.32 Å². The van der Waals surface area contributed by atoms with Crippen LogP contribution in [0.2, 0.25) is 0 Å². The van der Waals surface area contributed by atoms with Crippen LogP contribution >= 0.6 is 11.3 Å². The zero-order chi connectivity index (χ0) is 16.7. The van der Waals surface area contributed by atoms with Gasteiger partial charge in [-0.05, 0) is 37.1 Å². The predicted octanol–water partition coefficient (Wildman–Crippen LogP) is 3.92. The zero-order valence-corrected chi connectivity index (χ0v) is 13.2. The molecule has 2 aromatic rings. The normalized spacial score (nSPS) is 10.5. The molecule has 1 aromatic heterocycles. The van der Waals surface area contributed by atoms with Crippen LogP contribution in [0, 0.1) is 5.82 Å². The van der Waals surface area contributed by atoms with E-state index in [4.69, 9.17) is 5.11 Å². The highest BCUT2D eigenvalue weighted by atomic mass is 32.1. The highest BCUT2D eigenvalue weighted by Gasteiger charge is 2.08. The molecule has 1 heterocycles. The molecule has 122 valence electrons. The topological polar surface area (TPSA) is 79.3 Å². The molecule has 0 saturated carbocycles. The van der Waals surface area contributed by atoms with E-state index in [9.17, 15) is 14.0 Å². The lowest BCUT2D eigenvalue weighted by atomic mass is 10.1. The number of nitrogens with one attached hydrogen (secondary N) is 1. The number of rotatable bonds is 8. The van der Waals surface area contributed by atoms with Crippen LogP contribution in [0.25, 0.3) is 11.3 Å². The fraction of sp³-hybridized carbons (Fsp3) is 0.312. The van der Waals surface area contributed by atoms with E-state index in [2.05, 4.69) is 10.3 Å². The number of carbonyl (C=O) groups is 2. The number of carboxylic acids is 1. The maximum Gasteiger partial charge on any atom is 0.303 e. The smallest absolute Gasteiger partial charge is 0.303 e. The van der Waals surface area contributed by atoms with Gasteiger partial charge in [-0.1, -0.05) is 6.42 Å². The molecule has 0 saturated heterocycles. The minimum absolute atomic E-state index is 0.134. The molecule has 0 atom stereocenters. The van der Waals surface area contributed by atoms with Gasteiger partial charge in [-0.3, -0.25) is 9.59 Å². The maximum absolute atomic E-state index is 12.9. The summed E-state index contributed by atoms with van der Waals surface area (Å²) in [6.07, 6.45) is 2.41. The summed E-state index contributed by atoms with van der Waals surface area (Å²) in [6, 6.07) is 6.00. The molecule has 0 aliphatic heterocycles. The van der Waals surface area contributed by atoms with Crippen LogP contribution in [-0.2, 0) is 9.59 Å². The van der Waals surface area contributed by atoms with Crippen molar-refractivity contribution in [2.24, 2.45) is 0 Å². The lowest BCUT2D eigenvalue weighted by Crippen LogP contribution is -2.10. The highest BCUT2D eigenvalue weighted by molar-refractivity contribution is 7.14. The SMILES string of the molecule is O=C(O)CCCCCC(=O)Nc1nc(-c2ccc(F)cc2)cs1. The molecule has 0 spiro atoms. The Morgan fingerprint density at radius 1 is 1.13 bits per heavy atom. The number of carboxylic acid groups (broad SMARTS) is 1. The third-order valence-electron chi connectivity index (χ3n) is 3.19. The molecule has 23 heavy (non-hydrogen) atoms. The molecule has 0 unspecified atom stereocenters. The minimum Gasteiger partial charge on any atom is -0.481 e. The quantitative estimate of drug-likeness (QED) is 0.716. The monoisotopic (exact) mass is 336 g/mol. The van der Waals surface area contributed by atoms with Gasteiger partial charge < -0.3 is 10.4 Å². The van der Waals surface area contributed by atoms with Gasteiger partial charge in [-0.25, -0.2) is 9.37 Å². The number of hydrogen-bond acceptors (Lipinski definition) is 4. The first-order chi connectivity index (χ1) is 11.0. The summed E-state index contributed by atoms with van der Waals surface area (Å²) in [5, 5.41) is 13.5. The van der Waals surface area contributed by atoms with Gasteiger partial charge in [0, 0.05) is 23.8 Å². The average molecular weight is 336 g/mol. The molecule has 0 fully saturated rings. The van der Waals surface area contributed by atoms with Gasteiger partial charge in [0.2, 0.25) is 5.91 Å². The molecule has 5 nitrogen and oxygen atoms in total.